The van der Waals surface area contributed by atoms with Crippen molar-refractivity contribution in [1.29, 1.82) is 0 Å². The highest BCUT2D eigenvalue weighted by atomic mass is 16.5. The van der Waals surface area contributed by atoms with Gasteiger partial charge in [-0.2, -0.15) is 0 Å². The number of hydrogen-bond donors (Lipinski definition) is 1. The Balaban J connectivity index is 1.91. The molecule has 1 aliphatic heterocycles. The lowest BCUT2D eigenvalue weighted by Crippen LogP contribution is -2.42. The fraction of sp³-hybridized carbons (Fsp3) is 0.565. The average Bonchev–Trinajstić information content (AvgIpc) is 3.24. The molecule has 0 amide bonds. The van der Waals surface area contributed by atoms with Gasteiger partial charge in [0.2, 0.25) is 0 Å². The van der Waals surface area contributed by atoms with Crippen LogP contribution in [0.2, 0.25) is 0 Å². The molecule has 1 aliphatic rings. The van der Waals surface area contributed by atoms with Crippen LogP contribution in [0, 0.1) is 5.92 Å². The first kappa shape index (κ1) is 21.5. The van der Waals surface area contributed by atoms with Gasteiger partial charge in [-0.1, -0.05) is 13.8 Å². The third-order valence-electron chi connectivity index (χ3n) is 6.61. The molecule has 3 heterocycles. The van der Waals surface area contributed by atoms with Crippen LogP contribution in [0.4, 0.5) is 0 Å². The Labute approximate surface area is 182 Å². The fourth-order valence-electron chi connectivity index (χ4n) is 4.44. The van der Waals surface area contributed by atoms with Crippen LogP contribution < -0.4 is 10.3 Å². The molecule has 0 spiro atoms. The summed E-state index contributed by atoms with van der Waals surface area (Å²) in [6.45, 7) is 10.4. The highest BCUT2D eigenvalue weighted by Crippen LogP contribution is 2.33. The van der Waals surface area contributed by atoms with Crippen molar-refractivity contribution in [2.24, 2.45) is 5.92 Å². The van der Waals surface area contributed by atoms with Gasteiger partial charge < -0.3 is 9.72 Å². The molecule has 1 saturated heterocycles. The Hall–Kier alpha value is -2.74. The van der Waals surface area contributed by atoms with Crippen molar-refractivity contribution in [2.75, 3.05) is 20.2 Å². The van der Waals surface area contributed by atoms with E-state index in [9.17, 15) is 4.79 Å². The first-order chi connectivity index (χ1) is 14.8. The first-order valence-corrected chi connectivity index (χ1v) is 11.1. The first-order valence-electron chi connectivity index (χ1n) is 11.1. The maximum Gasteiger partial charge on any atom is 0.253 e. The molecule has 0 radical (unpaired) electrons. The van der Waals surface area contributed by atoms with Crippen LogP contribution in [0.3, 0.4) is 0 Å². The largest absolute Gasteiger partial charge is 0.497 e. The number of tetrazole rings is 1. The highest BCUT2D eigenvalue weighted by molar-refractivity contribution is 5.80. The van der Waals surface area contributed by atoms with E-state index in [0.717, 1.165) is 42.6 Å². The van der Waals surface area contributed by atoms with Gasteiger partial charge in [-0.3, -0.25) is 9.69 Å². The molecule has 3 aromatic rings. The van der Waals surface area contributed by atoms with Crippen LogP contribution in [-0.2, 0) is 5.54 Å². The number of fused-ring (bicyclic) bond motifs is 1. The number of pyridine rings is 1. The Morgan fingerprint density at radius 3 is 2.84 bits per heavy atom. The summed E-state index contributed by atoms with van der Waals surface area (Å²) in [5.41, 5.74) is 1.09. The SMILES string of the molecule is CCC(C)(C)n1nnnc1[C@@H](c1cc2cc(OC)ccc2[nH]c1=O)N1CCC[C@H](C)C1. The molecule has 0 saturated carbocycles. The summed E-state index contributed by atoms with van der Waals surface area (Å²) in [6.07, 6.45) is 3.16. The molecule has 1 aromatic carbocycles. The van der Waals surface area contributed by atoms with Gasteiger partial charge in [-0.05, 0) is 80.3 Å². The second-order valence-corrected chi connectivity index (χ2v) is 9.27. The Morgan fingerprint density at radius 2 is 2.13 bits per heavy atom. The minimum atomic E-state index is -0.317. The van der Waals surface area contributed by atoms with E-state index < -0.39 is 0 Å². The van der Waals surface area contributed by atoms with Crippen molar-refractivity contribution in [3.63, 3.8) is 0 Å². The number of nitrogens with zero attached hydrogens (tertiary/aromatic N) is 5. The Kier molecular flexibility index (Phi) is 5.83. The lowest BCUT2D eigenvalue weighted by Gasteiger charge is -2.37. The van der Waals surface area contributed by atoms with Gasteiger partial charge in [0.25, 0.3) is 5.56 Å². The number of hydrogen-bond acceptors (Lipinski definition) is 6. The molecule has 166 valence electrons. The normalized spacial score (nSPS) is 18.9. The minimum Gasteiger partial charge on any atom is -0.497 e. The number of rotatable bonds is 6. The number of aromatic amines is 1. The lowest BCUT2D eigenvalue weighted by atomic mass is 9.94. The molecular formula is C23H32N6O2. The molecule has 0 aliphatic carbocycles. The smallest absolute Gasteiger partial charge is 0.253 e. The quantitative estimate of drug-likeness (QED) is 0.652. The molecule has 8 heteroatoms. The van der Waals surface area contributed by atoms with Crippen molar-refractivity contribution < 1.29 is 4.74 Å². The summed E-state index contributed by atoms with van der Waals surface area (Å²) in [6, 6.07) is 7.33. The van der Waals surface area contributed by atoms with Gasteiger partial charge in [0.05, 0.1) is 12.6 Å². The number of ether oxygens (including phenoxy) is 1. The van der Waals surface area contributed by atoms with Gasteiger partial charge in [0.1, 0.15) is 11.8 Å². The zero-order valence-corrected chi connectivity index (χ0v) is 19.1. The van der Waals surface area contributed by atoms with Crippen molar-refractivity contribution in [1.82, 2.24) is 30.1 Å². The van der Waals surface area contributed by atoms with Crippen molar-refractivity contribution in [3.8, 4) is 5.75 Å². The molecule has 4 rings (SSSR count). The van der Waals surface area contributed by atoms with E-state index in [-0.39, 0.29) is 17.1 Å². The maximum atomic E-state index is 13.3. The number of nitrogens with one attached hydrogen (secondary N) is 1. The van der Waals surface area contributed by atoms with E-state index >= 15 is 0 Å². The van der Waals surface area contributed by atoms with Crippen molar-refractivity contribution >= 4 is 10.9 Å². The topological polar surface area (TPSA) is 88.9 Å². The molecule has 1 fully saturated rings. The molecule has 8 nitrogen and oxygen atoms in total. The standard InChI is InChI=1S/C23H32N6O2/c1-6-23(3,4)29-21(25-26-27-29)20(28-11-7-8-15(2)14-28)18-13-16-12-17(31-5)9-10-19(16)24-22(18)30/h9-10,12-13,15,20H,6-8,11,14H2,1-5H3,(H,24,30)/t15-,20+/m0/s1. The third-order valence-corrected chi connectivity index (χ3v) is 6.61. The average molecular weight is 425 g/mol. The van der Waals surface area contributed by atoms with Gasteiger partial charge in [0, 0.05) is 23.0 Å². The molecule has 1 N–H and O–H groups in total. The maximum absolute atomic E-state index is 13.3. The summed E-state index contributed by atoms with van der Waals surface area (Å²) in [5, 5.41) is 13.7. The number of piperidine rings is 1. The Morgan fingerprint density at radius 1 is 1.32 bits per heavy atom. The highest BCUT2D eigenvalue weighted by Gasteiger charge is 2.35. The number of methoxy groups -OCH3 is 1. The van der Waals surface area contributed by atoms with E-state index in [0.29, 0.717) is 17.3 Å². The van der Waals surface area contributed by atoms with Crippen LogP contribution in [0.25, 0.3) is 10.9 Å². The fourth-order valence-corrected chi connectivity index (χ4v) is 4.44. The van der Waals surface area contributed by atoms with Crippen molar-refractivity contribution in [2.45, 2.75) is 58.5 Å². The molecule has 0 bridgehead atoms. The van der Waals surface area contributed by atoms with Gasteiger partial charge >= 0.3 is 0 Å². The van der Waals surface area contributed by atoms with Crippen LogP contribution >= 0.6 is 0 Å². The number of likely N-dealkylation sites (tertiary alicyclic amines) is 1. The second-order valence-electron chi connectivity index (χ2n) is 9.27. The Bertz CT molecular complexity index is 1120. The minimum absolute atomic E-state index is 0.107. The monoisotopic (exact) mass is 424 g/mol. The predicted molar refractivity (Wildman–Crippen MR) is 120 cm³/mol. The van der Waals surface area contributed by atoms with E-state index in [1.165, 1.54) is 6.42 Å². The lowest BCUT2D eigenvalue weighted by molar-refractivity contribution is 0.135. The summed E-state index contributed by atoms with van der Waals surface area (Å²) in [4.78, 5) is 18.7. The summed E-state index contributed by atoms with van der Waals surface area (Å²) >= 11 is 0. The van der Waals surface area contributed by atoms with Crippen LogP contribution in [-0.4, -0.2) is 50.3 Å². The molecule has 31 heavy (non-hydrogen) atoms. The molecule has 2 atom stereocenters. The van der Waals surface area contributed by atoms with Crippen LogP contribution in [0.1, 0.15) is 64.4 Å². The van der Waals surface area contributed by atoms with Gasteiger partial charge in [0.15, 0.2) is 5.82 Å². The summed E-state index contributed by atoms with van der Waals surface area (Å²) in [5.74, 6) is 2.03. The van der Waals surface area contributed by atoms with Crippen LogP contribution in [0.15, 0.2) is 29.1 Å². The number of benzene rings is 1. The van der Waals surface area contributed by atoms with Crippen molar-refractivity contribution in [3.05, 3.63) is 46.0 Å². The zero-order chi connectivity index (χ0) is 22.2. The summed E-state index contributed by atoms with van der Waals surface area (Å²) < 4.78 is 7.29. The summed E-state index contributed by atoms with van der Waals surface area (Å²) in [7, 11) is 1.65. The zero-order valence-electron chi connectivity index (χ0n) is 19.1. The third kappa shape index (κ3) is 4.08. The van der Waals surface area contributed by atoms with Crippen LogP contribution in [0.5, 0.6) is 5.75 Å². The second kappa shape index (κ2) is 8.42. The number of H-pyrrole nitrogens is 1. The van der Waals surface area contributed by atoms with Gasteiger partial charge in [-0.15, -0.1) is 5.10 Å². The van der Waals surface area contributed by atoms with E-state index in [1.54, 1.807) is 7.11 Å². The predicted octanol–water partition coefficient (Wildman–Crippen LogP) is 3.49. The molecule has 0 unspecified atom stereocenters. The molecular weight excluding hydrogens is 392 g/mol. The molecule has 2 aromatic heterocycles. The van der Waals surface area contributed by atoms with Gasteiger partial charge in [-0.25, -0.2) is 4.68 Å². The van der Waals surface area contributed by atoms with E-state index in [1.807, 2.05) is 28.9 Å². The van der Waals surface area contributed by atoms with E-state index in [4.69, 9.17) is 4.74 Å². The number of aromatic nitrogens is 5. The van der Waals surface area contributed by atoms with E-state index in [2.05, 4.69) is 53.1 Å².